The Morgan fingerprint density at radius 3 is 2.63 bits per heavy atom. The molecule has 3 aromatic rings. The molecule has 0 aliphatic heterocycles. The van der Waals surface area contributed by atoms with Crippen LogP contribution < -0.4 is 10.1 Å². The highest BCUT2D eigenvalue weighted by Gasteiger charge is 2.17. The van der Waals surface area contributed by atoms with Crippen LogP contribution >= 0.6 is 11.8 Å². The van der Waals surface area contributed by atoms with Crippen molar-refractivity contribution < 1.29 is 13.9 Å². The molecule has 0 spiro atoms. The Labute approximate surface area is 160 Å². The molecule has 27 heavy (non-hydrogen) atoms. The summed E-state index contributed by atoms with van der Waals surface area (Å²) in [6, 6.07) is 13.2. The van der Waals surface area contributed by atoms with E-state index in [-0.39, 0.29) is 17.5 Å². The van der Waals surface area contributed by atoms with E-state index in [4.69, 9.17) is 4.74 Å². The molecule has 1 heterocycles. The second kappa shape index (κ2) is 8.68. The molecule has 0 aliphatic carbocycles. The van der Waals surface area contributed by atoms with Crippen LogP contribution in [0.4, 0.5) is 10.1 Å². The lowest BCUT2D eigenvalue weighted by molar-refractivity contribution is -0.113. The van der Waals surface area contributed by atoms with Gasteiger partial charge in [0.15, 0.2) is 11.0 Å². The van der Waals surface area contributed by atoms with Crippen molar-refractivity contribution in [3.63, 3.8) is 0 Å². The number of ether oxygens (including phenoxy) is 1. The van der Waals surface area contributed by atoms with Gasteiger partial charge in [-0.05, 0) is 43.3 Å². The number of nitrogens with one attached hydrogen (secondary N) is 1. The van der Waals surface area contributed by atoms with Gasteiger partial charge in [-0.1, -0.05) is 23.9 Å². The van der Waals surface area contributed by atoms with E-state index in [0.717, 1.165) is 5.56 Å². The van der Waals surface area contributed by atoms with Gasteiger partial charge in [-0.25, -0.2) is 4.39 Å². The Morgan fingerprint density at radius 2 is 1.93 bits per heavy atom. The third-order valence-electron chi connectivity index (χ3n) is 3.84. The first-order chi connectivity index (χ1) is 13.1. The number of thioether (sulfide) groups is 1. The average Bonchev–Trinajstić information content (AvgIpc) is 3.10. The molecule has 0 saturated carbocycles. The molecular weight excluding hydrogens is 367 g/mol. The lowest BCUT2D eigenvalue weighted by Crippen LogP contribution is -2.14. The normalized spacial score (nSPS) is 10.6. The van der Waals surface area contributed by atoms with Crippen LogP contribution in [0.2, 0.25) is 0 Å². The van der Waals surface area contributed by atoms with Gasteiger partial charge in [-0.3, -0.25) is 4.79 Å². The summed E-state index contributed by atoms with van der Waals surface area (Å²) in [6.45, 7) is 2.65. The molecule has 0 aliphatic rings. The average molecular weight is 386 g/mol. The predicted octanol–water partition coefficient (Wildman–Crippen LogP) is 3.84. The Bertz CT molecular complexity index is 928. The molecule has 2 aromatic carbocycles. The molecule has 0 fully saturated rings. The Kier molecular flexibility index (Phi) is 6.08. The molecule has 140 valence electrons. The first-order valence-electron chi connectivity index (χ1n) is 8.37. The minimum atomic E-state index is -0.345. The quantitative estimate of drug-likeness (QED) is 0.625. The van der Waals surface area contributed by atoms with Gasteiger partial charge in [0.25, 0.3) is 0 Å². The number of nitrogens with zero attached hydrogens (tertiary/aromatic N) is 3. The highest BCUT2D eigenvalue weighted by molar-refractivity contribution is 7.99. The molecule has 8 heteroatoms. The minimum Gasteiger partial charge on any atom is -0.496 e. The fourth-order valence-electron chi connectivity index (χ4n) is 2.57. The van der Waals surface area contributed by atoms with Gasteiger partial charge in [0, 0.05) is 12.2 Å². The SMILES string of the molecule is CCn1c(SCC(=O)Nc2ccc(F)cc2)nnc1-c1ccccc1OC. The molecule has 1 aromatic heterocycles. The predicted molar refractivity (Wildman–Crippen MR) is 103 cm³/mol. The summed E-state index contributed by atoms with van der Waals surface area (Å²) in [7, 11) is 1.61. The van der Waals surface area contributed by atoms with Gasteiger partial charge >= 0.3 is 0 Å². The van der Waals surface area contributed by atoms with Crippen molar-refractivity contribution in [2.45, 2.75) is 18.6 Å². The molecular formula is C19H19FN4O2S. The molecule has 1 N–H and O–H groups in total. The number of carbonyl (C=O) groups is 1. The largest absolute Gasteiger partial charge is 0.496 e. The number of aromatic nitrogens is 3. The number of halogens is 1. The van der Waals surface area contributed by atoms with Crippen LogP contribution in [0.1, 0.15) is 6.92 Å². The maximum atomic E-state index is 12.9. The smallest absolute Gasteiger partial charge is 0.234 e. The number of para-hydroxylation sites is 1. The van der Waals surface area contributed by atoms with Crippen LogP contribution in [0, 0.1) is 5.82 Å². The molecule has 0 unspecified atom stereocenters. The van der Waals surface area contributed by atoms with Gasteiger partial charge in [0.2, 0.25) is 5.91 Å². The zero-order chi connectivity index (χ0) is 19.2. The van der Waals surface area contributed by atoms with Gasteiger partial charge in [-0.2, -0.15) is 0 Å². The van der Waals surface area contributed by atoms with Crippen molar-refractivity contribution in [1.29, 1.82) is 0 Å². The maximum absolute atomic E-state index is 12.9. The highest BCUT2D eigenvalue weighted by Crippen LogP contribution is 2.30. The van der Waals surface area contributed by atoms with Gasteiger partial charge in [0.05, 0.1) is 18.4 Å². The van der Waals surface area contributed by atoms with Crippen LogP contribution in [-0.4, -0.2) is 33.5 Å². The summed E-state index contributed by atoms with van der Waals surface area (Å²) < 4.78 is 20.3. The maximum Gasteiger partial charge on any atom is 0.234 e. The van der Waals surface area contributed by atoms with Gasteiger partial charge in [-0.15, -0.1) is 10.2 Å². The van der Waals surface area contributed by atoms with Crippen molar-refractivity contribution in [3.8, 4) is 17.1 Å². The first kappa shape index (κ1) is 18.9. The number of anilines is 1. The second-order valence-electron chi connectivity index (χ2n) is 5.59. The summed E-state index contributed by atoms with van der Waals surface area (Å²) in [5.74, 6) is 1.03. The van der Waals surface area contributed by atoms with E-state index in [1.165, 1.54) is 36.0 Å². The molecule has 0 radical (unpaired) electrons. The third-order valence-corrected chi connectivity index (χ3v) is 4.81. The number of methoxy groups -OCH3 is 1. The zero-order valence-corrected chi connectivity index (χ0v) is 15.8. The molecule has 1 amide bonds. The second-order valence-corrected chi connectivity index (χ2v) is 6.54. The number of hydrogen-bond donors (Lipinski definition) is 1. The number of rotatable bonds is 7. The summed E-state index contributed by atoms with van der Waals surface area (Å²) in [4.78, 5) is 12.1. The minimum absolute atomic E-state index is 0.168. The monoisotopic (exact) mass is 386 g/mol. The fourth-order valence-corrected chi connectivity index (χ4v) is 3.37. The van der Waals surface area contributed by atoms with Crippen molar-refractivity contribution in [2.75, 3.05) is 18.2 Å². The van der Waals surface area contributed by atoms with Crippen molar-refractivity contribution >= 4 is 23.4 Å². The molecule has 3 rings (SSSR count). The Balaban J connectivity index is 1.71. The zero-order valence-electron chi connectivity index (χ0n) is 15.0. The van der Waals surface area contributed by atoms with E-state index in [1.54, 1.807) is 7.11 Å². The molecule has 0 bridgehead atoms. The van der Waals surface area contributed by atoms with Crippen LogP contribution in [-0.2, 0) is 11.3 Å². The molecule has 0 saturated heterocycles. The van der Waals surface area contributed by atoms with Gasteiger partial charge in [0.1, 0.15) is 11.6 Å². The summed E-state index contributed by atoms with van der Waals surface area (Å²) in [5, 5.41) is 11.9. The van der Waals surface area contributed by atoms with Crippen LogP contribution in [0.15, 0.2) is 53.7 Å². The highest BCUT2D eigenvalue weighted by atomic mass is 32.2. The van der Waals surface area contributed by atoms with E-state index in [2.05, 4.69) is 15.5 Å². The lowest BCUT2D eigenvalue weighted by Gasteiger charge is -2.10. The number of hydrogen-bond acceptors (Lipinski definition) is 5. The van der Waals surface area contributed by atoms with Crippen LogP contribution in [0.5, 0.6) is 5.75 Å². The van der Waals surface area contributed by atoms with Crippen molar-refractivity contribution in [2.24, 2.45) is 0 Å². The van der Waals surface area contributed by atoms with E-state index in [0.29, 0.717) is 29.0 Å². The third kappa shape index (κ3) is 4.46. The topological polar surface area (TPSA) is 69.0 Å². The fraction of sp³-hybridized carbons (Fsp3) is 0.211. The lowest BCUT2D eigenvalue weighted by atomic mass is 10.2. The van der Waals surface area contributed by atoms with E-state index < -0.39 is 0 Å². The van der Waals surface area contributed by atoms with Crippen molar-refractivity contribution in [1.82, 2.24) is 14.8 Å². The molecule has 6 nitrogen and oxygen atoms in total. The standard InChI is InChI=1S/C19H19FN4O2S/c1-3-24-18(15-6-4-5-7-16(15)26-2)22-23-19(24)27-12-17(25)21-14-10-8-13(20)9-11-14/h4-11H,3,12H2,1-2H3,(H,21,25). The van der Waals surface area contributed by atoms with Gasteiger partial charge < -0.3 is 14.6 Å². The summed E-state index contributed by atoms with van der Waals surface area (Å²) in [5.41, 5.74) is 1.39. The van der Waals surface area contributed by atoms with Crippen molar-refractivity contribution in [3.05, 3.63) is 54.3 Å². The molecule has 0 atom stereocenters. The summed E-state index contributed by atoms with van der Waals surface area (Å²) in [6.07, 6.45) is 0. The number of amides is 1. The number of benzene rings is 2. The summed E-state index contributed by atoms with van der Waals surface area (Å²) >= 11 is 1.29. The Morgan fingerprint density at radius 1 is 1.19 bits per heavy atom. The number of carbonyl (C=O) groups excluding carboxylic acids is 1. The van der Waals surface area contributed by atoms with Crippen LogP contribution in [0.3, 0.4) is 0 Å². The van der Waals surface area contributed by atoms with E-state index in [1.807, 2.05) is 35.8 Å². The Hall–Kier alpha value is -2.87. The first-order valence-corrected chi connectivity index (χ1v) is 9.35. The van der Waals surface area contributed by atoms with Crippen LogP contribution in [0.25, 0.3) is 11.4 Å². The van der Waals surface area contributed by atoms with E-state index >= 15 is 0 Å². The van der Waals surface area contributed by atoms with E-state index in [9.17, 15) is 9.18 Å².